The SMILES string of the molecule is CN1C2=CC=C[C+]=C2C(Sc2ccc(Cl)cc2)C2CC3CCCCC3C21.[Cl-]. The van der Waals surface area contributed by atoms with E-state index < -0.39 is 0 Å². The van der Waals surface area contributed by atoms with Gasteiger partial charge in [0.1, 0.15) is 6.08 Å². The summed E-state index contributed by atoms with van der Waals surface area (Å²) in [7, 11) is 2.32. The van der Waals surface area contributed by atoms with Gasteiger partial charge in [0.05, 0.1) is 11.3 Å². The van der Waals surface area contributed by atoms with Crippen molar-refractivity contribution in [1.82, 2.24) is 4.90 Å². The van der Waals surface area contributed by atoms with Gasteiger partial charge in [0.15, 0.2) is 11.3 Å². The standard InChI is InChI=1S/C23H25ClNS.ClH/c1-25-21-9-5-4-8-19(21)23(26-17-12-10-16(24)11-13-17)20-14-15-6-2-3-7-18(15)22(20)25;/h4-5,9-13,15,18,20,22-23H,2-3,6-7,14H2,1H3;1H/q+1;/p-1. The van der Waals surface area contributed by atoms with Crippen LogP contribution in [0.2, 0.25) is 5.02 Å². The third kappa shape index (κ3) is 3.36. The number of hydrogen-bond acceptors (Lipinski definition) is 2. The fourth-order valence-corrected chi connectivity index (χ4v) is 7.29. The first-order valence-electron chi connectivity index (χ1n) is 9.88. The van der Waals surface area contributed by atoms with Gasteiger partial charge in [-0.3, -0.25) is 0 Å². The number of halogens is 2. The van der Waals surface area contributed by atoms with Gasteiger partial charge in [-0.15, -0.1) is 11.8 Å². The molecule has 4 heteroatoms. The Morgan fingerprint density at radius 3 is 2.70 bits per heavy atom. The van der Waals surface area contributed by atoms with Crippen molar-refractivity contribution in [3.8, 4) is 0 Å². The predicted octanol–water partition coefficient (Wildman–Crippen LogP) is 3.13. The van der Waals surface area contributed by atoms with E-state index in [1.54, 1.807) is 0 Å². The van der Waals surface area contributed by atoms with Crippen LogP contribution in [0.4, 0.5) is 0 Å². The van der Waals surface area contributed by atoms with E-state index in [1.807, 2.05) is 23.9 Å². The topological polar surface area (TPSA) is 3.24 Å². The summed E-state index contributed by atoms with van der Waals surface area (Å²) in [6, 6.07) is 9.06. The van der Waals surface area contributed by atoms with Crippen LogP contribution in [0.25, 0.3) is 0 Å². The molecule has 2 saturated carbocycles. The summed E-state index contributed by atoms with van der Waals surface area (Å²) in [4.78, 5) is 3.92. The maximum absolute atomic E-state index is 6.10. The molecule has 0 radical (unpaired) electrons. The third-order valence-corrected chi connectivity index (χ3v) is 8.50. The molecule has 5 unspecified atom stereocenters. The molecule has 5 atom stereocenters. The van der Waals surface area contributed by atoms with Crippen molar-refractivity contribution in [2.24, 2.45) is 17.8 Å². The molecule has 0 spiro atoms. The van der Waals surface area contributed by atoms with Gasteiger partial charge in [0.25, 0.3) is 0 Å². The highest BCUT2D eigenvalue weighted by molar-refractivity contribution is 8.00. The monoisotopic (exact) mass is 417 g/mol. The molecule has 5 rings (SSSR count). The molecule has 3 aliphatic carbocycles. The fraction of sp³-hybridized carbons (Fsp3) is 0.478. The summed E-state index contributed by atoms with van der Waals surface area (Å²) in [6.45, 7) is 0. The molecule has 1 aromatic carbocycles. The first-order valence-corrected chi connectivity index (χ1v) is 11.1. The second-order valence-corrected chi connectivity index (χ2v) is 9.82. The average molecular weight is 418 g/mol. The predicted molar refractivity (Wildman–Crippen MR) is 110 cm³/mol. The molecule has 0 bridgehead atoms. The Morgan fingerprint density at radius 2 is 1.89 bits per heavy atom. The second kappa shape index (κ2) is 7.84. The zero-order valence-corrected chi connectivity index (χ0v) is 17.9. The van der Waals surface area contributed by atoms with E-state index in [0.29, 0.717) is 11.3 Å². The Morgan fingerprint density at radius 1 is 1.11 bits per heavy atom. The smallest absolute Gasteiger partial charge is 0.153 e. The second-order valence-electron chi connectivity index (χ2n) is 8.17. The third-order valence-electron chi connectivity index (χ3n) is 6.86. The van der Waals surface area contributed by atoms with Gasteiger partial charge in [-0.2, -0.15) is 0 Å². The minimum absolute atomic E-state index is 0. The van der Waals surface area contributed by atoms with Crippen LogP contribution in [0.15, 0.2) is 58.7 Å². The molecular weight excluding hydrogens is 393 g/mol. The number of nitrogens with zero attached hydrogens (tertiary/aromatic N) is 1. The van der Waals surface area contributed by atoms with E-state index in [1.165, 1.54) is 48.3 Å². The van der Waals surface area contributed by atoms with Crippen LogP contribution in [0.5, 0.6) is 0 Å². The highest BCUT2D eigenvalue weighted by atomic mass is 35.5. The number of benzene rings is 1. The lowest BCUT2D eigenvalue weighted by Crippen LogP contribution is -3.00. The number of piperidine rings is 1. The van der Waals surface area contributed by atoms with Crippen LogP contribution in [0, 0.1) is 23.8 Å². The van der Waals surface area contributed by atoms with E-state index in [-0.39, 0.29) is 12.4 Å². The van der Waals surface area contributed by atoms with Crippen molar-refractivity contribution in [3.63, 3.8) is 0 Å². The summed E-state index contributed by atoms with van der Waals surface area (Å²) in [5, 5.41) is 1.31. The number of hydrogen-bond donors (Lipinski definition) is 0. The van der Waals surface area contributed by atoms with Crippen LogP contribution < -0.4 is 12.4 Å². The minimum atomic E-state index is 0. The van der Waals surface area contributed by atoms with Gasteiger partial charge in [0, 0.05) is 41.1 Å². The van der Waals surface area contributed by atoms with Gasteiger partial charge >= 0.3 is 0 Å². The number of likely N-dealkylation sites (N-methyl/N-ethyl adjacent to an activating group) is 1. The molecule has 1 nitrogen and oxygen atoms in total. The van der Waals surface area contributed by atoms with E-state index in [0.717, 1.165) is 22.8 Å². The van der Waals surface area contributed by atoms with Crippen LogP contribution >= 0.6 is 23.4 Å². The molecule has 1 aliphatic heterocycles. The van der Waals surface area contributed by atoms with Gasteiger partial charge in [0.2, 0.25) is 0 Å². The first kappa shape index (κ1) is 19.4. The van der Waals surface area contributed by atoms with E-state index in [9.17, 15) is 0 Å². The maximum Gasteiger partial charge on any atom is 0.153 e. The van der Waals surface area contributed by atoms with Crippen LogP contribution in [0.3, 0.4) is 0 Å². The zero-order valence-electron chi connectivity index (χ0n) is 15.6. The quantitative estimate of drug-likeness (QED) is 0.679. The lowest BCUT2D eigenvalue weighted by Gasteiger charge is -2.43. The number of thioether (sulfide) groups is 1. The molecule has 4 aliphatic rings. The normalized spacial score (nSPS) is 33.7. The summed E-state index contributed by atoms with van der Waals surface area (Å²) in [5.41, 5.74) is 2.79. The number of likely N-dealkylation sites (tertiary alicyclic amines) is 1. The Hall–Kier alpha value is -0.920. The van der Waals surface area contributed by atoms with E-state index in [4.69, 9.17) is 11.6 Å². The van der Waals surface area contributed by atoms with Crippen LogP contribution in [-0.2, 0) is 0 Å². The highest BCUT2D eigenvalue weighted by Gasteiger charge is 2.55. The minimum Gasteiger partial charge on any atom is -1.00 e. The molecule has 1 aromatic rings. The van der Waals surface area contributed by atoms with Gasteiger partial charge in [-0.05, 0) is 48.9 Å². The van der Waals surface area contributed by atoms with Crippen LogP contribution in [-0.4, -0.2) is 23.2 Å². The van der Waals surface area contributed by atoms with Crippen molar-refractivity contribution in [2.75, 3.05) is 7.05 Å². The van der Waals surface area contributed by atoms with Crippen molar-refractivity contribution < 1.29 is 12.4 Å². The van der Waals surface area contributed by atoms with Crippen molar-refractivity contribution in [1.29, 1.82) is 0 Å². The van der Waals surface area contributed by atoms with E-state index in [2.05, 4.69) is 48.4 Å². The number of allylic oxidation sites excluding steroid dienone is 5. The number of rotatable bonds is 2. The Kier molecular flexibility index (Phi) is 5.63. The zero-order chi connectivity index (χ0) is 17.7. The fourth-order valence-electron chi connectivity index (χ4n) is 5.82. The highest BCUT2D eigenvalue weighted by Crippen LogP contribution is 2.56. The average Bonchev–Trinajstić information content (AvgIpc) is 3.06. The molecule has 0 N–H and O–H groups in total. The molecule has 3 fully saturated rings. The Bertz CT molecular complexity index is 782. The lowest BCUT2D eigenvalue weighted by atomic mass is 9.78. The van der Waals surface area contributed by atoms with Crippen LogP contribution in [0.1, 0.15) is 32.1 Å². The van der Waals surface area contributed by atoms with Crippen molar-refractivity contribution >= 4 is 23.4 Å². The van der Waals surface area contributed by atoms with Crippen molar-refractivity contribution in [3.05, 3.63) is 64.9 Å². The maximum atomic E-state index is 6.10. The summed E-state index contributed by atoms with van der Waals surface area (Å²) < 4.78 is 0. The largest absolute Gasteiger partial charge is 1.00 e. The number of fused-ring (bicyclic) bond motifs is 4. The van der Waals surface area contributed by atoms with Gasteiger partial charge < -0.3 is 17.3 Å². The first-order chi connectivity index (χ1) is 12.7. The molecule has 1 saturated heterocycles. The molecule has 142 valence electrons. The molecule has 0 aromatic heterocycles. The molecule has 27 heavy (non-hydrogen) atoms. The Labute approximate surface area is 178 Å². The lowest BCUT2D eigenvalue weighted by molar-refractivity contribution is -0.00000504. The summed E-state index contributed by atoms with van der Waals surface area (Å²) in [6.07, 6.45) is 17.2. The van der Waals surface area contributed by atoms with Gasteiger partial charge in [-0.25, -0.2) is 0 Å². The summed E-state index contributed by atoms with van der Waals surface area (Å²) in [5.74, 6) is 2.52. The molecule has 0 amide bonds. The Balaban J connectivity index is 0.00000180. The summed E-state index contributed by atoms with van der Waals surface area (Å²) >= 11 is 8.13. The van der Waals surface area contributed by atoms with Crippen molar-refractivity contribution in [2.45, 2.75) is 48.3 Å². The molecule has 1 heterocycles. The van der Waals surface area contributed by atoms with E-state index >= 15 is 0 Å². The van der Waals surface area contributed by atoms with Gasteiger partial charge in [-0.1, -0.05) is 30.9 Å². The molecular formula is C23H25Cl2NS.